The molecule has 0 bridgehead atoms. The first-order valence-corrected chi connectivity index (χ1v) is 7.14. The van der Waals surface area contributed by atoms with Gasteiger partial charge < -0.3 is 0 Å². The molecule has 0 aliphatic heterocycles. The number of carbonyl (C=O) groups is 2. The largest absolute Gasteiger partial charge is 0.450 e. The summed E-state index contributed by atoms with van der Waals surface area (Å²) in [6.07, 6.45) is -6.13. The van der Waals surface area contributed by atoms with Crippen molar-refractivity contribution < 1.29 is 22.8 Å². The van der Waals surface area contributed by atoms with Crippen LogP contribution in [0, 0.1) is 0 Å². The lowest BCUT2D eigenvalue weighted by Crippen LogP contribution is -2.25. The van der Waals surface area contributed by atoms with Crippen LogP contribution in [0.25, 0.3) is 0 Å². The Hall–Kier alpha value is -2.08. The molecule has 0 radical (unpaired) electrons. The van der Waals surface area contributed by atoms with Gasteiger partial charge in [-0.2, -0.15) is 13.2 Å². The van der Waals surface area contributed by atoms with Crippen molar-refractivity contribution in [2.75, 3.05) is 0 Å². The quantitative estimate of drug-likeness (QED) is 0.598. The van der Waals surface area contributed by atoms with Crippen molar-refractivity contribution in [2.24, 2.45) is 0 Å². The Balaban J connectivity index is 2.03. The van der Waals surface area contributed by atoms with Gasteiger partial charge >= 0.3 is 6.18 Å². The van der Waals surface area contributed by atoms with Crippen LogP contribution in [-0.4, -0.2) is 17.7 Å². The molecule has 0 fully saturated rings. The zero-order valence-electron chi connectivity index (χ0n) is 11.3. The lowest BCUT2D eigenvalue weighted by molar-refractivity contribution is -0.170. The zero-order chi connectivity index (χ0) is 16.2. The van der Waals surface area contributed by atoms with Gasteiger partial charge in [0.1, 0.15) is 0 Å². The van der Waals surface area contributed by atoms with Gasteiger partial charge in [-0.1, -0.05) is 42.1 Å². The van der Waals surface area contributed by atoms with Crippen molar-refractivity contribution in [2.45, 2.75) is 22.4 Å². The summed E-state index contributed by atoms with van der Waals surface area (Å²) in [5, 5.41) is 0. The van der Waals surface area contributed by atoms with Gasteiger partial charge in [0.15, 0.2) is 5.78 Å². The predicted octanol–water partition coefficient (Wildman–Crippen LogP) is 4.54. The summed E-state index contributed by atoms with van der Waals surface area (Å²) in [6.45, 7) is 0. The Morgan fingerprint density at radius 3 is 1.95 bits per heavy atom. The summed E-state index contributed by atoms with van der Waals surface area (Å²) < 4.78 is 36.4. The second-order valence-electron chi connectivity index (χ2n) is 4.46. The van der Waals surface area contributed by atoms with Gasteiger partial charge in [-0.15, -0.1) is 0 Å². The van der Waals surface area contributed by atoms with E-state index in [-0.39, 0.29) is 5.56 Å². The molecule has 0 saturated carbocycles. The van der Waals surface area contributed by atoms with E-state index in [9.17, 15) is 22.8 Å². The number of benzene rings is 2. The van der Waals surface area contributed by atoms with Crippen molar-refractivity contribution in [1.29, 1.82) is 0 Å². The van der Waals surface area contributed by atoms with Gasteiger partial charge in [-0.05, 0) is 24.3 Å². The fraction of sp³-hybridized carbons (Fsp3) is 0.125. The van der Waals surface area contributed by atoms with Gasteiger partial charge in [0.05, 0.1) is 6.42 Å². The highest BCUT2D eigenvalue weighted by Crippen LogP contribution is 2.27. The molecule has 6 heteroatoms. The molecule has 22 heavy (non-hydrogen) atoms. The summed E-state index contributed by atoms with van der Waals surface area (Å²) in [5.41, 5.74) is 0.0926. The van der Waals surface area contributed by atoms with E-state index < -0.39 is 24.2 Å². The monoisotopic (exact) mass is 324 g/mol. The summed E-state index contributed by atoms with van der Waals surface area (Å²) >= 11 is 1.47. The maximum Gasteiger partial charge on any atom is 0.450 e. The molecule has 114 valence electrons. The molecular weight excluding hydrogens is 313 g/mol. The van der Waals surface area contributed by atoms with Crippen LogP contribution in [0.1, 0.15) is 16.8 Å². The second kappa shape index (κ2) is 6.79. The van der Waals surface area contributed by atoms with Gasteiger partial charge in [-0.3, -0.25) is 9.59 Å². The van der Waals surface area contributed by atoms with E-state index in [1.807, 2.05) is 30.3 Å². The second-order valence-corrected chi connectivity index (χ2v) is 5.61. The summed E-state index contributed by atoms with van der Waals surface area (Å²) in [6, 6.07) is 15.7. The number of halogens is 3. The molecular formula is C16H11F3O2S. The maximum absolute atomic E-state index is 12.1. The third kappa shape index (κ3) is 4.46. The molecule has 0 unspecified atom stereocenters. The van der Waals surface area contributed by atoms with Crippen molar-refractivity contribution in [1.82, 2.24) is 0 Å². The minimum Gasteiger partial charge on any atom is -0.294 e. The average molecular weight is 324 g/mol. The first kappa shape index (κ1) is 16.3. The van der Waals surface area contributed by atoms with Gasteiger partial charge in [-0.25, -0.2) is 0 Å². The van der Waals surface area contributed by atoms with Crippen LogP contribution in [0.5, 0.6) is 0 Å². The number of carbonyl (C=O) groups excluding carboxylic acids is 2. The van der Waals surface area contributed by atoms with E-state index in [0.717, 1.165) is 9.79 Å². The smallest absolute Gasteiger partial charge is 0.294 e. The summed E-state index contributed by atoms with van der Waals surface area (Å²) in [4.78, 5) is 24.3. The molecule has 0 amide bonds. The van der Waals surface area contributed by atoms with Gasteiger partial charge in [0.2, 0.25) is 5.78 Å². The number of hydrogen-bond acceptors (Lipinski definition) is 3. The molecule has 0 saturated heterocycles. The van der Waals surface area contributed by atoms with Crippen LogP contribution in [0.3, 0.4) is 0 Å². The van der Waals surface area contributed by atoms with E-state index in [1.54, 1.807) is 12.1 Å². The Kier molecular flexibility index (Phi) is 5.03. The molecule has 0 aromatic heterocycles. The molecule has 0 atom stereocenters. The molecule has 2 rings (SSSR count). The SMILES string of the molecule is O=C(CC(=O)C(F)(F)F)c1ccc(Sc2ccccc2)cc1. The molecule has 0 spiro atoms. The maximum atomic E-state index is 12.1. The standard InChI is InChI=1S/C16H11F3O2S/c17-16(18,19)15(21)10-14(20)11-6-8-13(9-7-11)22-12-4-2-1-3-5-12/h1-9H,10H2. The van der Waals surface area contributed by atoms with Gasteiger partial charge in [0.25, 0.3) is 0 Å². The number of Topliss-reactive ketones (excluding diaryl/α,β-unsaturated/α-hetero) is 2. The van der Waals surface area contributed by atoms with E-state index in [1.165, 1.54) is 23.9 Å². The van der Waals surface area contributed by atoms with Crippen LogP contribution < -0.4 is 0 Å². The number of alkyl halides is 3. The third-order valence-corrected chi connectivity index (χ3v) is 3.81. The van der Waals surface area contributed by atoms with Gasteiger partial charge in [0, 0.05) is 15.4 Å². The molecule has 2 aromatic rings. The summed E-state index contributed by atoms with van der Waals surface area (Å²) in [7, 11) is 0. The van der Waals surface area contributed by atoms with Crippen molar-refractivity contribution in [3.63, 3.8) is 0 Å². The van der Waals surface area contributed by atoms with Crippen LogP contribution in [0.4, 0.5) is 13.2 Å². The van der Waals surface area contributed by atoms with Crippen LogP contribution >= 0.6 is 11.8 Å². The van der Waals surface area contributed by atoms with Crippen molar-refractivity contribution in [3.05, 3.63) is 60.2 Å². The molecule has 2 nitrogen and oxygen atoms in total. The molecule has 0 aliphatic carbocycles. The van der Waals surface area contributed by atoms with E-state index in [0.29, 0.717) is 0 Å². The molecule has 2 aromatic carbocycles. The normalized spacial score (nSPS) is 11.2. The van der Waals surface area contributed by atoms with Crippen molar-refractivity contribution in [3.8, 4) is 0 Å². The average Bonchev–Trinajstić information content (AvgIpc) is 2.48. The fourth-order valence-electron chi connectivity index (χ4n) is 1.68. The number of ketones is 2. The Labute approximate surface area is 129 Å². The minimum atomic E-state index is -4.97. The molecule has 0 N–H and O–H groups in total. The van der Waals surface area contributed by atoms with Crippen LogP contribution in [0.2, 0.25) is 0 Å². The number of hydrogen-bond donors (Lipinski definition) is 0. The van der Waals surface area contributed by atoms with E-state index >= 15 is 0 Å². The minimum absolute atomic E-state index is 0.0926. The highest BCUT2D eigenvalue weighted by Gasteiger charge is 2.39. The molecule has 0 heterocycles. The summed E-state index contributed by atoms with van der Waals surface area (Å²) in [5.74, 6) is -2.86. The Bertz CT molecular complexity index is 664. The Morgan fingerprint density at radius 1 is 0.864 bits per heavy atom. The van der Waals surface area contributed by atoms with Crippen molar-refractivity contribution >= 4 is 23.3 Å². The number of rotatable bonds is 5. The van der Waals surface area contributed by atoms with Crippen LogP contribution in [0.15, 0.2) is 64.4 Å². The predicted molar refractivity (Wildman–Crippen MR) is 77.0 cm³/mol. The molecule has 0 aliphatic rings. The topological polar surface area (TPSA) is 34.1 Å². The van der Waals surface area contributed by atoms with E-state index in [4.69, 9.17) is 0 Å². The lowest BCUT2D eigenvalue weighted by Gasteiger charge is -2.05. The first-order valence-electron chi connectivity index (χ1n) is 6.32. The Morgan fingerprint density at radius 2 is 1.41 bits per heavy atom. The van der Waals surface area contributed by atoms with Crippen LogP contribution in [-0.2, 0) is 4.79 Å². The lowest BCUT2D eigenvalue weighted by atomic mass is 10.1. The zero-order valence-corrected chi connectivity index (χ0v) is 12.1. The highest BCUT2D eigenvalue weighted by molar-refractivity contribution is 7.99. The first-order chi connectivity index (χ1) is 10.4. The van der Waals surface area contributed by atoms with E-state index in [2.05, 4.69) is 0 Å². The highest BCUT2D eigenvalue weighted by atomic mass is 32.2. The fourth-order valence-corrected chi connectivity index (χ4v) is 2.52. The third-order valence-electron chi connectivity index (χ3n) is 2.79.